The van der Waals surface area contributed by atoms with Crippen LogP contribution in [0.3, 0.4) is 0 Å². The van der Waals surface area contributed by atoms with Crippen molar-refractivity contribution in [2.75, 3.05) is 11.8 Å². The first-order valence-electron chi connectivity index (χ1n) is 7.85. The maximum absolute atomic E-state index is 6.32. The van der Waals surface area contributed by atoms with E-state index < -0.39 is 0 Å². The molecule has 0 aliphatic heterocycles. The van der Waals surface area contributed by atoms with Gasteiger partial charge in [-0.1, -0.05) is 69.9 Å². The van der Waals surface area contributed by atoms with Crippen molar-refractivity contribution in [3.63, 3.8) is 0 Å². The normalized spacial score (nSPS) is 13.4. The lowest BCUT2D eigenvalue weighted by molar-refractivity contribution is 0.254. The predicted molar refractivity (Wildman–Crippen MR) is 91.9 cm³/mol. The van der Waals surface area contributed by atoms with Crippen molar-refractivity contribution in [3.05, 3.63) is 35.9 Å². The Hall–Kier alpha value is -0.200. The molecule has 0 radical (unpaired) electrons. The van der Waals surface area contributed by atoms with Gasteiger partial charge in [0, 0.05) is 17.2 Å². The van der Waals surface area contributed by atoms with Gasteiger partial charge in [-0.25, -0.2) is 0 Å². The van der Waals surface area contributed by atoms with Gasteiger partial charge in [0.15, 0.2) is 0 Å². The Morgan fingerprint density at radius 2 is 1.70 bits per heavy atom. The molecular weight excluding hydrogens is 287 g/mol. The third kappa shape index (κ3) is 5.66. The molecule has 1 atom stereocenters. The number of halogens is 2. The smallest absolute Gasteiger partial charge is 0.0294 e. The van der Waals surface area contributed by atoms with Crippen molar-refractivity contribution < 1.29 is 0 Å². The van der Waals surface area contributed by atoms with Crippen LogP contribution in [0.4, 0.5) is 0 Å². The summed E-state index contributed by atoms with van der Waals surface area (Å²) in [5.74, 6) is 2.04. The SMILES string of the molecule is CCCCC(CC)CC(CCl)(CCl)Cc1ccccc1. The van der Waals surface area contributed by atoms with E-state index in [0.29, 0.717) is 11.8 Å². The van der Waals surface area contributed by atoms with Gasteiger partial charge in [-0.15, -0.1) is 23.2 Å². The quantitative estimate of drug-likeness (QED) is 0.444. The summed E-state index contributed by atoms with van der Waals surface area (Å²) in [7, 11) is 0. The first-order valence-corrected chi connectivity index (χ1v) is 8.92. The van der Waals surface area contributed by atoms with E-state index >= 15 is 0 Å². The molecule has 0 aromatic heterocycles. The maximum Gasteiger partial charge on any atom is 0.0294 e. The summed E-state index contributed by atoms with van der Waals surface area (Å²) in [5, 5.41) is 0. The van der Waals surface area contributed by atoms with Gasteiger partial charge in [0.1, 0.15) is 0 Å². The van der Waals surface area contributed by atoms with Crippen LogP contribution in [-0.2, 0) is 6.42 Å². The molecule has 0 saturated heterocycles. The average Bonchev–Trinajstić information content (AvgIpc) is 2.51. The molecule has 0 aliphatic rings. The zero-order chi connectivity index (χ0) is 14.8. The van der Waals surface area contributed by atoms with Gasteiger partial charge in [0.2, 0.25) is 0 Å². The Bertz CT molecular complexity index is 344. The minimum Gasteiger partial charge on any atom is -0.126 e. The molecule has 0 bridgehead atoms. The van der Waals surface area contributed by atoms with Gasteiger partial charge >= 0.3 is 0 Å². The monoisotopic (exact) mass is 314 g/mol. The molecule has 20 heavy (non-hydrogen) atoms. The van der Waals surface area contributed by atoms with Crippen LogP contribution in [0.5, 0.6) is 0 Å². The van der Waals surface area contributed by atoms with Crippen molar-refractivity contribution in [1.29, 1.82) is 0 Å². The summed E-state index contributed by atoms with van der Waals surface area (Å²) in [6.07, 6.45) is 7.24. The summed E-state index contributed by atoms with van der Waals surface area (Å²) >= 11 is 12.6. The van der Waals surface area contributed by atoms with Crippen LogP contribution in [0.15, 0.2) is 30.3 Å². The number of hydrogen-bond donors (Lipinski definition) is 0. The molecule has 1 unspecified atom stereocenters. The molecule has 1 aromatic rings. The second-order valence-electron chi connectivity index (χ2n) is 6.05. The van der Waals surface area contributed by atoms with E-state index in [-0.39, 0.29) is 5.41 Å². The standard InChI is InChI=1S/C18H28Cl2/c1-3-5-9-16(4-2)12-18(14-19,15-20)13-17-10-7-6-8-11-17/h6-8,10-11,16H,3-5,9,12-15H2,1-2H3. The van der Waals surface area contributed by atoms with Gasteiger partial charge in [-0.05, 0) is 24.3 Å². The highest BCUT2D eigenvalue weighted by Crippen LogP contribution is 2.36. The molecule has 1 aromatic carbocycles. The molecule has 0 amide bonds. The Morgan fingerprint density at radius 3 is 2.20 bits per heavy atom. The van der Waals surface area contributed by atoms with E-state index in [1.807, 2.05) is 0 Å². The number of hydrogen-bond acceptors (Lipinski definition) is 0. The minimum atomic E-state index is 0.0406. The fourth-order valence-corrected chi connectivity index (χ4v) is 3.59. The maximum atomic E-state index is 6.32. The fraction of sp³-hybridized carbons (Fsp3) is 0.667. The third-order valence-corrected chi connectivity index (χ3v) is 5.39. The van der Waals surface area contributed by atoms with Crippen molar-refractivity contribution in [1.82, 2.24) is 0 Å². The van der Waals surface area contributed by atoms with Gasteiger partial charge in [-0.3, -0.25) is 0 Å². The average molecular weight is 315 g/mol. The zero-order valence-electron chi connectivity index (χ0n) is 12.9. The van der Waals surface area contributed by atoms with Gasteiger partial charge < -0.3 is 0 Å². The summed E-state index contributed by atoms with van der Waals surface area (Å²) in [6.45, 7) is 4.54. The molecular formula is C18H28Cl2. The van der Waals surface area contributed by atoms with Crippen LogP contribution in [0.25, 0.3) is 0 Å². The lowest BCUT2D eigenvalue weighted by atomic mass is 9.75. The molecule has 0 heterocycles. The first-order chi connectivity index (χ1) is 9.69. The molecule has 0 N–H and O–H groups in total. The van der Waals surface area contributed by atoms with Crippen molar-refractivity contribution in [2.45, 2.75) is 52.4 Å². The second-order valence-corrected chi connectivity index (χ2v) is 6.58. The molecule has 0 saturated carbocycles. The van der Waals surface area contributed by atoms with E-state index in [0.717, 1.165) is 18.8 Å². The zero-order valence-corrected chi connectivity index (χ0v) is 14.4. The minimum absolute atomic E-state index is 0.0406. The van der Waals surface area contributed by atoms with Crippen molar-refractivity contribution in [2.24, 2.45) is 11.3 Å². The molecule has 2 heteroatoms. The fourth-order valence-electron chi connectivity index (χ4n) is 2.90. The van der Waals surface area contributed by atoms with E-state index in [9.17, 15) is 0 Å². The Morgan fingerprint density at radius 1 is 1.05 bits per heavy atom. The highest BCUT2D eigenvalue weighted by Gasteiger charge is 2.31. The first kappa shape index (κ1) is 17.9. The van der Waals surface area contributed by atoms with Crippen molar-refractivity contribution in [3.8, 4) is 0 Å². The summed E-state index contributed by atoms with van der Waals surface area (Å²) < 4.78 is 0. The topological polar surface area (TPSA) is 0 Å². The lowest BCUT2D eigenvalue weighted by Crippen LogP contribution is -2.31. The van der Waals surface area contributed by atoms with Crippen molar-refractivity contribution >= 4 is 23.2 Å². The van der Waals surface area contributed by atoms with Crippen LogP contribution in [-0.4, -0.2) is 11.8 Å². The Kier molecular flexibility index (Phi) is 8.64. The summed E-state index contributed by atoms with van der Waals surface area (Å²) in [4.78, 5) is 0. The van der Waals surface area contributed by atoms with Crippen LogP contribution in [0.1, 0.15) is 51.5 Å². The van der Waals surface area contributed by atoms with E-state index in [4.69, 9.17) is 23.2 Å². The number of benzene rings is 1. The summed E-state index contributed by atoms with van der Waals surface area (Å²) in [6, 6.07) is 10.6. The van der Waals surface area contributed by atoms with E-state index in [2.05, 4.69) is 44.2 Å². The van der Waals surface area contributed by atoms with Gasteiger partial charge in [0.25, 0.3) is 0 Å². The van der Waals surface area contributed by atoms with E-state index in [1.165, 1.54) is 31.2 Å². The second kappa shape index (κ2) is 9.68. The lowest BCUT2D eigenvalue weighted by Gasteiger charge is -2.33. The number of unbranched alkanes of at least 4 members (excludes halogenated alkanes) is 1. The molecule has 114 valence electrons. The molecule has 0 fully saturated rings. The molecule has 1 rings (SSSR count). The van der Waals surface area contributed by atoms with Crippen LogP contribution in [0.2, 0.25) is 0 Å². The highest BCUT2D eigenvalue weighted by molar-refractivity contribution is 6.21. The van der Waals surface area contributed by atoms with Crippen LogP contribution < -0.4 is 0 Å². The Balaban J connectivity index is 2.74. The predicted octanol–water partition coefficient (Wildman–Crippen LogP) is 6.30. The molecule has 0 aliphatic carbocycles. The molecule has 0 nitrogen and oxygen atoms in total. The summed E-state index contributed by atoms with van der Waals surface area (Å²) in [5.41, 5.74) is 1.39. The largest absolute Gasteiger partial charge is 0.126 e. The number of rotatable bonds is 10. The Labute approximate surface area is 134 Å². The van der Waals surface area contributed by atoms with Gasteiger partial charge in [-0.2, -0.15) is 0 Å². The number of alkyl halides is 2. The third-order valence-electron chi connectivity index (χ3n) is 4.25. The molecule has 0 spiro atoms. The van der Waals surface area contributed by atoms with Crippen LogP contribution >= 0.6 is 23.2 Å². The highest BCUT2D eigenvalue weighted by atomic mass is 35.5. The van der Waals surface area contributed by atoms with Gasteiger partial charge in [0.05, 0.1) is 0 Å². The van der Waals surface area contributed by atoms with E-state index in [1.54, 1.807) is 0 Å². The van der Waals surface area contributed by atoms with Crippen LogP contribution in [0, 0.1) is 11.3 Å².